The second-order valence-electron chi connectivity index (χ2n) is 6.18. The van der Waals surface area contributed by atoms with Gasteiger partial charge in [0.25, 0.3) is 0 Å². The Labute approximate surface area is 129 Å². The van der Waals surface area contributed by atoms with Gasteiger partial charge in [0.15, 0.2) is 0 Å². The molecule has 0 aromatic heterocycles. The van der Waals surface area contributed by atoms with Crippen LogP contribution in [-0.4, -0.2) is 25.5 Å². The highest BCUT2D eigenvalue weighted by Crippen LogP contribution is 2.30. The Morgan fingerprint density at radius 1 is 0.857 bits per heavy atom. The summed E-state index contributed by atoms with van der Waals surface area (Å²) in [5, 5.41) is 0. The predicted molar refractivity (Wildman–Crippen MR) is 91.9 cm³/mol. The first-order chi connectivity index (χ1) is 10.2. The van der Waals surface area contributed by atoms with Crippen molar-refractivity contribution in [3.8, 4) is 0 Å². The topological polar surface area (TPSA) is 3.24 Å². The van der Waals surface area contributed by atoms with E-state index in [1.54, 1.807) is 0 Å². The van der Waals surface area contributed by atoms with Crippen LogP contribution in [0.3, 0.4) is 0 Å². The van der Waals surface area contributed by atoms with Crippen LogP contribution in [0.5, 0.6) is 0 Å². The molecule has 0 aliphatic heterocycles. The second-order valence-corrected chi connectivity index (χ2v) is 6.18. The van der Waals surface area contributed by atoms with Crippen LogP contribution in [0.15, 0.2) is 54.6 Å². The van der Waals surface area contributed by atoms with Crippen molar-refractivity contribution < 1.29 is 0 Å². The van der Waals surface area contributed by atoms with Gasteiger partial charge in [0.2, 0.25) is 0 Å². The fourth-order valence-electron chi connectivity index (χ4n) is 2.87. The minimum absolute atomic E-state index is 0.522. The molecule has 0 N–H and O–H groups in total. The summed E-state index contributed by atoms with van der Waals surface area (Å²) >= 11 is 0. The molecule has 0 heterocycles. The summed E-state index contributed by atoms with van der Waals surface area (Å²) in [6.45, 7) is 3.35. The molecule has 0 aliphatic rings. The Bertz CT molecular complexity index is 531. The third-order valence-corrected chi connectivity index (χ3v) is 3.99. The van der Waals surface area contributed by atoms with Crippen molar-refractivity contribution in [1.82, 2.24) is 4.90 Å². The summed E-state index contributed by atoms with van der Waals surface area (Å²) in [5.74, 6) is 0.522. The number of benzene rings is 2. The number of unbranched alkanes of at least 4 members (excludes halogenated alkanes) is 1. The molecular weight excluding hydrogens is 254 g/mol. The zero-order valence-corrected chi connectivity index (χ0v) is 13.5. The van der Waals surface area contributed by atoms with Crippen molar-refractivity contribution in [2.45, 2.75) is 32.1 Å². The van der Waals surface area contributed by atoms with Crippen LogP contribution in [0.4, 0.5) is 0 Å². The Balaban J connectivity index is 2.11. The van der Waals surface area contributed by atoms with E-state index in [2.05, 4.69) is 80.5 Å². The highest BCUT2D eigenvalue weighted by atomic mass is 15.0. The highest BCUT2D eigenvalue weighted by molar-refractivity contribution is 5.34. The van der Waals surface area contributed by atoms with Crippen LogP contribution >= 0.6 is 0 Å². The Hall–Kier alpha value is -1.60. The third-order valence-electron chi connectivity index (χ3n) is 3.99. The molecule has 1 nitrogen and oxygen atoms in total. The van der Waals surface area contributed by atoms with Crippen LogP contribution in [-0.2, 0) is 0 Å². The molecule has 0 aliphatic carbocycles. The summed E-state index contributed by atoms with van der Waals surface area (Å²) in [6.07, 6.45) is 3.76. The monoisotopic (exact) mass is 281 g/mol. The molecule has 21 heavy (non-hydrogen) atoms. The fraction of sp³-hybridized carbons (Fsp3) is 0.400. The molecule has 0 bridgehead atoms. The smallest absolute Gasteiger partial charge is 0.00894 e. The van der Waals surface area contributed by atoms with Gasteiger partial charge >= 0.3 is 0 Å². The normalized spacial score (nSPS) is 12.6. The maximum atomic E-state index is 2.34. The Kier molecular flexibility index (Phi) is 6.01. The summed E-state index contributed by atoms with van der Waals surface area (Å²) in [6, 6.07) is 19.9. The van der Waals surface area contributed by atoms with Crippen molar-refractivity contribution in [3.05, 3.63) is 71.3 Å². The fourth-order valence-corrected chi connectivity index (χ4v) is 2.87. The summed E-state index contributed by atoms with van der Waals surface area (Å²) in [4.78, 5) is 2.27. The first-order valence-electron chi connectivity index (χ1n) is 7.93. The van der Waals surface area contributed by atoms with Gasteiger partial charge < -0.3 is 4.90 Å². The van der Waals surface area contributed by atoms with Crippen LogP contribution in [0.2, 0.25) is 0 Å². The van der Waals surface area contributed by atoms with E-state index in [4.69, 9.17) is 0 Å². The molecule has 0 amide bonds. The van der Waals surface area contributed by atoms with E-state index < -0.39 is 0 Å². The summed E-state index contributed by atoms with van der Waals surface area (Å²) < 4.78 is 0. The van der Waals surface area contributed by atoms with Gasteiger partial charge in [0.05, 0.1) is 0 Å². The highest BCUT2D eigenvalue weighted by Gasteiger charge is 2.13. The zero-order chi connectivity index (χ0) is 15.1. The number of nitrogens with zero attached hydrogens (tertiary/aromatic N) is 1. The second kappa shape index (κ2) is 7.99. The predicted octanol–water partition coefficient (Wildman–Crippen LogP) is 4.86. The van der Waals surface area contributed by atoms with Gasteiger partial charge in [-0.05, 0) is 51.5 Å². The lowest BCUT2D eigenvalue weighted by Crippen LogP contribution is -2.13. The van der Waals surface area contributed by atoms with Crippen molar-refractivity contribution in [2.75, 3.05) is 20.6 Å². The van der Waals surface area contributed by atoms with E-state index in [0.29, 0.717) is 5.92 Å². The van der Waals surface area contributed by atoms with Crippen LogP contribution in [0.25, 0.3) is 0 Å². The lowest BCUT2D eigenvalue weighted by Gasteiger charge is -2.19. The van der Waals surface area contributed by atoms with Crippen LogP contribution < -0.4 is 0 Å². The van der Waals surface area contributed by atoms with Gasteiger partial charge in [-0.2, -0.15) is 0 Å². The number of aryl methyl sites for hydroxylation is 1. The minimum Gasteiger partial charge on any atom is -0.309 e. The zero-order valence-electron chi connectivity index (χ0n) is 13.5. The largest absolute Gasteiger partial charge is 0.309 e. The molecule has 0 fully saturated rings. The molecule has 2 rings (SSSR count). The molecular formula is C20H27N. The van der Waals surface area contributed by atoms with E-state index in [1.165, 1.54) is 42.5 Å². The SMILES string of the molecule is Cc1cccc([C@H](CCCCN(C)C)c2ccccc2)c1. The van der Waals surface area contributed by atoms with Crippen molar-refractivity contribution in [1.29, 1.82) is 0 Å². The average molecular weight is 281 g/mol. The molecule has 2 aromatic rings. The molecule has 0 unspecified atom stereocenters. The van der Waals surface area contributed by atoms with Gasteiger partial charge in [-0.3, -0.25) is 0 Å². The Morgan fingerprint density at radius 3 is 2.24 bits per heavy atom. The Morgan fingerprint density at radius 2 is 1.57 bits per heavy atom. The van der Waals surface area contributed by atoms with Crippen LogP contribution in [0.1, 0.15) is 41.9 Å². The number of rotatable bonds is 7. The van der Waals surface area contributed by atoms with E-state index in [0.717, 1.165) is 0 Å². The lowest BCUT2D eigenvalue weighted by atomic mass is 9.86. The van der Waals surface area contributed by atoms with Crippen LogP contribution in [0, 0.1) is 6.92 Å². The first-order valence-corrected chi connectivity index (χ1v) is 7.93. The molecule has 0 saturated heterocycles. The minimum atomic E-state index is 0.522. The lowest BCUT2D eigenvalue weighted by molar-refractivity contribution is 0.389. The molecule has 0 saturated carbocycles. The number of hydrogen-bond acceptors (Lipinski definition) is 1. The maximum absolute atomic E-state index is 2.34. The summed E-state index contributed by atoms with van der Waals surface area (Å²) in [7, 11) is 4.30. The summed E-state index contributed by atoms with van der Waals surface area (Å²) in [5.41, 5.74) is 4.24. The van der Waals surface area contributed by atoms with E-state index >= 15 is 0 Å². The molecule has 1 atom stereocenters. The van der Waals surface area contributed by atoms with E-state index in [9.17, 15) is 0 Å². The maximum Gasteiger partial charge on any atom is 0.00894 e. The average Bonchev–Trinajstić information content (AvgIpc) is 2.48. The van der Waals surface area contributed by atoms with Gasteiger partial charge in [0.1, 0.15) is 0 Å². The standard InChI is InChI=1S/C20H27N/c1-17-10-9-13-19(16-17)20(14-7-8-15-21(2)3)18-11-5-4-6-12-18/h4-6,9-13,16,20H,7-8,14-15H2,1-3H3/t20-/m1/s1. The van der Waals surface area contributed by atoms with Crippen molar-refractivity contribution >= 4 is 0 Å². The van der Waals surface area contributed by atoms with Crippen molar-refractivity contribution in [3.63, 3.8) is 0 Å². The van der Waals surface area contributed by atoms with Gasteiger partial charge in [0, 0.05) is 5.92 Å². The van der Waals surface area contributed by atoms with Gasteiger partial charge in [-0.15, -0.1) is 0 Å². The van der Waals surface area contributed by atoms with E-state index in [1.807, 2.05) is 0 Å². The van der Waals surface area contributed by atoms with Gasteiger partial charge in [-0.25, -0.2) is 0 Å². The quantitative estimate of drug-likeness (QED) is 0.655. The molecule has 0 radical (unpaired) electrons. The van der Waals surface area contributed by atoms with Gasteiger partial charge in [-0.1, -0.05) is 66.6 Å². The molecule has 112 valence electrons. The number of hydrogen-bond donors (Lipinski definition) is 0. The first kappa shape index (κ1) is 15.8. The van der Waals surface area contributed by atoms with Crippen molar-refractivity contribution in [2.24, 2.45) is 0 Å². The molecule has 2 aromatic carbocycles. The third kappa shape index (κ3) is 5.02. The molecule has 0 spiro atoms. The van der Waals surface area contributed by atoms with E-state index in [-0.39, 0.29) is 0 Å². The molecule has 1 heteroatoms.